The third kappa shape index (κ3) is 4.31. The van der Waals surface area contributed by atoms with Gasteiger partial charge in [-0.3, -0.25) is 4.79 Å². The summed E-state index contributed by atoms with van der Waals surface area (Å²) in [5.41, 5.74) is -0.724. The van der Waals surface area contributed by atoms with Crippen LogP contribution in [-0.2, 0) is 6.18 Å². The highest BCUT2D eigenvalue weighted by atomic mass is 32.1. The average molecular weight is 370 g/mol. The topological polar surface area (TPSA) is 42.4 Å². The highest BCUT2D eigenvalue weighted by Crippen LogP contribution is 2.32. The van der Waals surface area contributed by atoms with E-state index in [1.165, 1.54) is 23.5 Å². The number of aromatic nitrogens is 1. The van der Waals surface area contributed by atoms with E-state index in [0.717, 1.165) is 17.1 Å². The van der Waals surface area contributed by atoms with Crippen molar-refractivity contribution < 1.29 is 22.7 Å². The van der Waals surface area contributed by atoms with E-state index in [9.17, 15) is 18.0 Å². The molecule has 1 aromatic carbocycles. The Morgan fingerprint density at radius 2 is 2.04 bits per heavy atom. The lowest BCUT2D eigenvalue weighted by Crippen LogP contribution is -2.41. The van der Waals surface area contributed by atoms with Gasteiger partial charge in [-0.1, -0.05) is 6.07 Å². The van der Waals surface area contributed by atoms with Crippen molar-refractivity contribution in [3.05, 3.63) is 45.9 Å². The van der Waals surface area contributed by atoms with Crippen molar-refractivity contribution in [1.82, 2.24) is 9.88 Å². The maximum Gasteiger partial charge on any atom is 0.416 e. The molecule has 2 heterocycles. The quantitative estimate of drug-likeness (QED) is 0.815. The number of carbonyl (C=O) groups is 1. The maximum atomic E-state index is 12.7. The van der Waals surface area contributed by atoms with E-state index in [0.29, 0.717) is 30.8 Å². The molecule has 2 aromatic rings. The molecule has 3 rings (SSSR count). The third-order valence-electron chi connectivity index (χ3n) is 4.03. The standard InChI is InChI=1S/C17H17F3N2O2S/c1-11-21-10-15(25-11)16(23)22-7-5-13(6-8-22)24-14-4-2-3-12(9-14)17(18,19)20/h2-4,9-10,13H,5-8H2,1H3. The Kier molecular flexibility index (Phi) is 4.99. The Morgan fingerprint density at radius 3 is 2.64 bits per heavy atom. The zero-order chi connectivity index (χ0) is 18.0. The number of alkyl halides is 3. The van der Waals surface area contributed by atoms with Crippen molar-refractivity contribution >= 4 is 17.2 Å². The number of ether oxygens (including phenoxy) is 1. The first-order chi connectivity index (χ1) is 11.8. The second kappa shape index (κ2) is 7.03. The van der Waals surface area contributed by atoms with Crippen LogP contribution < -0.4 is 4.74 Å². The van der Waals surface area contributed by atoms with Gasteiger partial charge in [-0.15, -0.1) is 11.3 Å². The summed E-state index contributed by atoms with van der Waals surface area (Å²) in [6, 6.07) is 4.89. The summed E-state index contributed by atoms with van der Waals surface area (Å²) in [5, 5.41) is 0.839. The van der Waals surface area contributed by atoms with Crippen LogP contribution in [0.15, 0.2) is 30.5 Å². The van der Waals surface area contributed by atoms with Gasteiger partial charge in [-0.05, 0) is 25.1 Å². The smallest absolute Gasteiger partial charge is 0.416 e. The minimum absolute atomic E-state index is 0.0527. The number of aryl methyl sites for hydroxylation is 1. The maximum absolute atomic E-state index is 12.7. The summed E-state index contributed by atoms with van der Waals surface area (Å²) in [6.45, 7) is 2.87. The third-order valence-corrected chi connectivity index (χ3v) is 4.93. The van der Waals surface area contributed by atoms with Crippen LogP contribution in [-0.4, -0.2) is 35.0 Å². The van der Waals surface area contributed by atoms with Crippen LogP contribution in [0.1, 0.15) is 33.1 Å². The fraction of sp³-hybridized carbons (Fsp3) is 0.412. The van der Waals surface area contributed by atoms with Gasteiger partial charge in [0.2, 0.25) is 0 Å². The van der Waals surface area contributed by atoms with Gasteiger partial charge in [0.25, 0.3) is 5.91 Å². The zero-order valence-electron chi connectivity index (χ0n) is 13.5. The lowest BCUT2D eigenvalue weighted by Gasteiger charge is -2.32. The van der Waals surface area contributed by atoms with Gasteiger partial charge >= 0.3 is 6.18 Å². The molecule has 8 heteroatoms. The number of hydrogen-bond donors (Lipinski definition) is 0. The number of amides is 1. The number of thiazole rings is 1. The molecule has 0 saturated carbocycles. The Morgan fingerprint density at radius 1 is 1.32 bits per heavy atom. The average Bonchev–Trinajstić information content (AvgIpc) is 3.01. The molecule has 0 radical (unpaired) electrons. The number of piperidine rings is 1. The molecule has 0 spiro atoms. The van der Waals surface area contributed by atoms with Gasteiger partial charge < -0.3 is 9.64 Å². The van der Waals surface area contributed by atoms with E-state index in [1.54, 1.807) is 11.1 Å². The molecule has 0 N–H and O–H groups in total. The molecule has 0 unspecified atom stereocenters. The molecule has 1 fully saturated rings. The summed E-state index contributed by atoms with van der Waals surface area (Å²) >= 11 is 1.36. The Labute approximate surface area is 147 Å². The van der Waals surface area contributed by atoms with E-state index in [4.69, 9.17) is 4.74 Å². The van der Waals surface area contributed by atoms with Crippen molar-refractivity contribution in [2.75, 3.05) is 13.1 Å². The van der Waals surface area contributed by atoms with Crippen LogP contribution in [0.25, 0.3) is 0 Å². The van der Waals surface area contributed by atoms with Crippen LogP contribution in [0, 0.1) is 6.92 Å². The lowest BCUT2D eigenvalue weighted by molar-refractivity contribution is -0.137. The van der Waals surface area contributed by atoms with Crippen LogP contribution in [0.3, 0.4) is 0 Å². The monoisotopic (exact) mass is 370 g/mol. The van der Waals surface area contributed by atoms with Crippen LogP contribution in [0.2, 0.25) is 0 Å². The summed E-state index contributed by atoms with van der Waals surface area (Å²) in [7, 11) is 0. The molecule has 0 atom stereocenters. The fourth-order valence-corrected chi connectivity index (χ4v) is 3.48. The van der Waals surface area contributed by atoms with Crippen molar-refractivity contribution in [3.8, 4) is 5.75 Å². The molecule has 1 aliphatic heterocycles. The van der Waals surface area contributed by atoms with Gasteiger partial charge in [0, 0.05) is 25.9 Å². The first kappa shape index (κ1) is 17.7. The first-order valence-electron chi connectivity index (χ1n) is 7.88. The minimum Gasteiger partial charge on any atom is -0.490 e. The molecular weight excluding hydrogens is 353 g/mol. The number of hydrogen-bond acceptors (Lipinski definition) is 4. The summed E-state index contributed by atoms with van der Waals surface area (Å²) in [5.74, 6) is 0.154. The number of halogens is 3. The number of benzene rings is 1. The number of nitrogens with zero attached hydrogens (tertiary/aromatic N) is 2. The summed E-state index contributed by atoms with van der Waals surface area (Å²) < 4.78 is 43.9. The van der Waals surface area contributed by atoms with Crippen molar-refractivity contribution in [2.24, 2.45) is 0 Å². The van der Waals surface area contributed by atoms with Crippen LogP contribution >= 0.6 is 11.3 Å². The van der Waals surface area contributed by atoms with E-state index in [2.05, 4.69) is 4.98 Å². The molecule has 25 heavy (non-hydrogen) atoms. The fourth-order valence-electron chi connectivity index (χ4n) is 2.73. The highest BCUT2D eigenvalue weighted by molar-refractivity contribution is 7.13. The number of likely N-dealkylation sites (tertiary alicyclic amines) is 1. The van der Waals surface area contributed by atoms with Gasteiger partial charge in [-0.25, -0.2) is 4.98 Å². The van der Waals surface area contributed by atoms with Gasteiger partial charge in [-0.2, -0.15) is 13.2 Å². The molecular formula is C17H17F3N2O2S. The minimum atomic E-state index is -4.39. The van der Waals surface area contributed by atoms with Crippen molar-refractivity contribution in [2.45, 2.75) is 32.0 Å². The van der Waals surface area contributed by atoms with Crippen LogP contribution in [0.5, 0.6) is 5.75 Å². The second-order valence-electron chi connectivity index (χ2n) is 5.88. The molecule has 1 saturated heterocycles. The molecule has 0 aliphatic carbocycles. The Bertz CT molecular complexity index is 752. The number of rotatable bonds is 3. The van der Waals surface area contributed by atoms with Crippen molar-refractivity contribution in [3.63, 3.8) is 0 Å². The van der Waals surface area contributed by atoms with Gasteiger partial charge in [0.1, 0.15) is 16.7 Å². The molecule has 1 aromatic heterocycles. The van der Waals surface area contributed by atoms with E-state index in [-0.39, 0.29) is 17.8 Å². The van der Waals surface area contributed by atoms with E-state index < -0.39 is 11.7 Å². The zero-order valence-corrected chi connectivity index (χ0v) is 14.4. The lowest BCUT2D eigenvalue weighted by atomic mass is 10.1. The largest absolute Gasteiger partial charge is 0.490 e. The molecule has 4 nitrogen and oxygen atoms in total. The predicted octanol–water partition coefficient (Wildman–Crippen LogP) is 4.15. The van der Waals surface area contributed by atoms with Gasteiger partial charge in [0.15, 0.2) is 0 Å². The first-order valence-corrected chi connectivity index (χ1v) is 8.70. The van der Waals surface area contributed by atoms with E-state index >= 15 is 0 Å². The molecule has 1 amide bonds. The highest BCUT2D eigenvalue weighted by Gasteiger charge is 2.31. The molecule has 134 valence electrons. The Balaban J connectivity index is 1.57. The summed E-state index contributed by atoms with van der Waals surface area (Å²) in [6.07, 6.45) is -1.84. The van der Waals surface area contributed by atoms with E-state index in [1.807, 2.05) is 6.92 Å². The Hall–Kier alpha value is -2.09. The number of carbonyl (C=O) groups excluding carboxylic acids is 1. The second-order valence-corrected chi connectivity index (χ2v) is 7.11. The SMILES string of the molecule is Cc1ncc(C(=O)N2CCC(Oc3cccc(C(F)(F)F)c3)CC2)s1. The normalized spacial score (nSPS) is 16.1. The molecule has 1 aliphatic rings. The van der Waals surface area contributed by atoms with Crippen LogP contribution in [0.4, 0.5) is 13.2 Å². The van der Waals surface area contributed by atoms with Gasteiger partial charge in [0.05, 0.1) is 16.8 Å². The summed E-state index contributed by atoms with van der Waals surface area (Å²) in [4.78, 5) is 18.8. The van der Waals surface area contributed by atoms with Crippen molar-refractivity contribution in [1.29, 1.82) is 0 Å². The molecule has 0 bridgehead atoms. The predicted molar refractivity (Wildman–Crippen MR) is 87.8 cm³/mol.